The van der Waals surface area contributed by atoms with Crippen LogP contribution in [-0.4, -0.2) is 25.8 Å². The third-order valence-electron chi connectivity index (χ3n) is 3.74. The van der Waals surface area contributed by atoms with Crippen molar-refractivity contribution < 1.29 is 4.74 Å². The van der Waals surface area contributed by atoms with Gasteiger partial charge in [0.25, 0.3) is 0 Å². The van der Waals surface area contributed by atoms with Crippen molar-refractivity contribution >= 4 is 0 Å². The maximum Gasteiger partial charge on any atom is 0.0471 e. The van der Waals surface area contributed by atoms with Crippen LogP contribution >= 0.6 is 0 Å². The van der Waals surface area contributed by atoms with E-state index in [1.54, 1.807) is 0 Å². The average Bonchev–Trinajstić information content (AvgIpc) is 2.99. The Morgan fingerprint density at radius 2 is 1.93 bits per heavy atom. The maximum atomic E-state index is 5.50. The molecule has 15 heavy (non-hydrogen) atoms. The predicted octanol–water partition coefficient (Wildman–Crippen LogP) is 2.58. The summed E-state index contributed by atoms with van der Waals surface area (Å²) >= 11 is 0. The van der Waals surface area contributed by atoms with Crippen LogP contribution in [0.15, 0.2) is 0 Å². The standard InChI is InChI=1S/C13H25NO/c1-11(2)9-13(5-7-15-8-6-13)10-14-12-3-4-12/h11-12,14H,3-10H2,1-2H3. The highest BCUT2D eigenvalue weighted by Gasteiger charge is 2.34. The van der Waals surface area contributed by atoms with Crippen molar-refractivity contribution in [3.8, 4) is 0 Å². The number of hydrogen-bond acceptors (Lipinski definition) is 2. The first-order chi connectivity index (χ1) is 7.20. The molecule has 2 heteroatoms. The van der Waals surface area contributed by atoms with Crippen LogP contribution in [0.25, 0.3) is 0 Å². The number of rotatable bonds is 5. The molecule has 1 aliphatic heterocycles. The van der Waals surface area contributed by atoms with Gasteiger partial charge in [0.05, 0.1) is 0 Å². The summed E-state index contributed by atoms with van der Waals surface area (Å²) in [4.78, 5) is 0. The molecule has 1 heterocycles. The van der Waals surface area contributed by atoms with Gasteiger partial charge in [-0.3, -0.25) is 0 Å². The second-order valence-electron chi connectivity index (χ2n) is 5.87. The first-order valence-corrected chi connectivity index (χ1v) is 6.51. The maximum absolute atomic E-state index is 5.50. The summed E-state index contributed by atoms with van der Waals surface area (Å²) in [5.41, 5.74) is 0.537. The van der Waals surface area contributed by atoms with Crippen LogP contribution in [0.5, 0.6) is 0 Å². The van der Waals surface area contributed by atoms with E-state index in [1.807, 2.05) is 0 Å². The summed E-state index contributed by atoms with van der Waals surface area (Å²) in [5.74, 6) is 0.809. The molecule has 2 aliphatic rings. The fourth-order valence-electron chi connectivity index (χ4n) is 2.77. The van der Waals surface area contributed by atoms with Crippen molar-refractivity contribution in [3.63, 3.8) is 0 Å². The molecular formula is C13H25NO. The zero-order valence-corrected chi connectivity index (χ0v) is 10.2. The van der Waals surface area contributed by atoms with Crippen LogP contribution in [0.4, 0.5) is 0 Å². The fraction of sp³-hybridized carbons (Fsp3) is 1.00. The van der Waals surface area contributed by atoms with Gasteiger partial charge in [0.2, 0.25) is 0 Å². The van der Waals surface area contributed by atoms with E-state index >= 15 is 0 Å². The summed E-state index contributed by atoms with van der Waals surface area (Å²) in [6, 6.07) is 0.844. The average molecular weight is 211 g/mol. The van der Waals surface area contributed by atoms with Gasteiger partial charge >= 0.3 is 0 Å². The predicted molar refractivity (Wildman–Crippen MR) is 63.0 cm³/mol. The molecule has 0 aromatic carbocycles. The monoisotopic (exact) mass is 211 g/mol. The van der Waals surface area contributed by atoms with Crippen LogP contribution in [0.3, 0.4) is 0 Å². The zero-order chi connectivity index (χ0) is 10.7. The molecule has 2 nitrogen and oxygen atoms in total. The van der Waals surface area contributed by atoms with E-state index in [-0.39, 0.29) is 0 Å². The Bertz CT molecular complexity index is 193. The highest BCUT2D eigenvalue weighted by Crippen LogP contribution is 2.37. The Hall–Kier alpha value is -0.0800. The number of nitrogens with one attached hydrogen (secondary N) is 1. The molecule has 0 atom stereocenters. The van der Waals surface area contributed by atoms with Gasteiger partial charge in [-0.05, 0) is 43.4 Å². The quantitative estimate of drug-likeness (QED) is 0.754. The molecule has 2 fully saturated rings. The van der Waals surface area contributed by atoms with E-state index in [2.05, 4.69) is 19.2 Å². The molecular weight excluding hydrogens is 186 g/mol. The van der Waals surface area contributed by atoms with Crippen molar-refractivity contribution in [3.05, 3.63) is 0 Å². The van der Waals surface area contributed by atoms with E-state index in [4.69, 9.17) is 4.74 Å². The fourth-order valence-corrected chi connectivity index (χ4v) is 2.77. The van der Waals surface area contributed by atoms with E-state index in [0.29, 0.717) is 5.41 Å². The molecule has 1 N–H and O–H groups in total. The molecule has 0 amide bonds. The highest BCUT2D eigenvalue weighted by molar-refractivity contribution is 4.89. The molecule has 0 unspecified atom stereocenters. The minimum atomic E-state index is 0.537. The van der Waals surface area contributed by atoms with E-state index in [0.717, 1.165) is 25.2 Å². The van der Waals surface area contributed by atoms with Gasteiger partial charge in [0.1, 0.15) is 0 Å². The van der Waals surface area contributed by atoms with Crippen LogP contribution in [0.2, 0.25) is 0 Å². The molecule has 0 bridgehead atoms. The first kappa shape index (κ1) is 11.4. The van der Waals surface area contributed by atoms with Crippen LogP contribution in [0, 0.1) is 11.3 Å². The Balaban J connectivity index is 1.86. The lowest BCUT2D eigenvalue weighted by atomic mass is 9.74. The van der Waals surface area contributed by atoms with Crippen LogP contribution in [0.1, 0.15) is 46.0 Å². The largest absolute Gasteiger partial charge is 0.381 e. The Morgan fingerprint density at radius 3 is 2.47 bits per heavy atom. The molecule has 2 rings (SSSR count). The molecule has 1 aliphatic carbocycles. The molecule has 0 radical (unpaired) electrons. The SMILES string of the molecule is CC(C)CC1(CNC2CC2)CCOCC1. The van der Waals surface area contributed by atoms with Gasteiger partial charge in [-0.25, -0.2) is 0 Å². The Kier molecular flexibility index (Phi) is 3.68. The molecule has 88 valence electrons. The van der Waals surface area contributed by atoms with Gasteiger partial charge in [-0.2, -0.15) is 0 Å². The summed E-state index contributed by atoms with van der Waals surface area (Å²) in [7, 11) is 0. The van der Waals surface area contributed by atoms with Crippen molar-refractivity contribution in [1.29, 1.82) is 0 Å². The van der Waals surface area contributed by atoms with Crippen molar-refractivity contribution in [2.24, 2.45) is 11.3 Å². The lowest BCUT2D eigenvalue weighted by Gasteiger charge is -2.39. The molecule has 0 aromatic heterocycles. The Morgan fingerprint density at radius 1 is 1.27 bits per heavy atom. The van der Waals surface area contributed by atoms with Gasteiger partial charge in [-0.1, -0.05) is 13.8 Å². The van der Waals surface area contributed by atoms with E-state index in [1.165, 1.54) is 38.6 Å². The van der Waals surface area contributed by atoms with Gasteiger partial charge in [0, 0.05) is 25.8 Å². The second-order valence-corrected chi connectivity index (χ2v) is 5.87. The van der Waals surface area contributed by atoms with Crippen molar-refractivity contribution in [2.75, 3.05) is 19.8 Å². The van der Waals surface area contributed by atoms with Gasteiger partial charge in [0.15, 0.2) is 0 Å². The molecule has 1 saturated heterocycles. The van der Waals surface area contributed by atoms with Crippen LogP contribution in [-0.2, 0) is 4.74 Å². The topological polar surface area (TPSA) is 21.3 Å². The van der Waals surface area contributed by atoms with E-state index < -0.39 is 0 Å². The second kappa shape index (κ2) is 4.84. The lowest BCUT2D eigenvalue weighted by molar-refractivity contribution is 0.00418. The van der Waals surface area contributed by atoms with Crippen molar-refractivity contribution in [1.82, 2.24) is 5.32 Å². The molecule has 1 saturated carbocycles. The van der Waals surface area contributed by atoms with Crippen LogP contribution < -0.4 is 5.32 Å². The molecule has 0 spiro atoms. The summed E-state index contributed by atoms with van der Waals surface area (Å²) in [5, 5.41) is 3.72. The zero-order valence-electron chi connectivity index (χ0n) is 10.2. The Labute approximate surface area is 93.8 Å². The minimum Gasteiger partial charge on any atom is -0.381 e. The van der Waals surface area contributed by atoms with Gasteiger partial charge in [-0.15, -0.1) is 0 Å². The third-order valence-corrected chi connectivity index (χ3v) is 3.74. The van der Waals surface area contributed by atoms with Gasteiger partial charge < -0.3 is 10.1 Å². The summed E-state index contributed by atoms with van der Waals surface area (Å²) in [6.45, 7) is 7.85. The summed E-state index contributed by atoms with van der Waals surface area (Å²) in [6.07, 6.45) is 6.66. The number of ether oxygens (including phenoxy) is 1. The van der Waals surface area contributed by atoms with Crippen molar-refractivity contribution in [2.45, 2.75) is 52.0 Å². The first-order valence-electron chi connectivity index (χ1n) is 6.51. The molecule has 0 aromatic rings. The highest BCUT2D eigenvalue weighted by atomic mass is 16.5. The van der Waals surface area contributed by atoms with E-state index in [9.17, 15) is 0 Å². The minimum absolute atomic E-state index is 0.537. The lowest BCUT2D eigenvalue weighted by Crippen LogP contribution is -2.40. The third kappa shape index (κ3) is 3.46. The normalized spacial score (nSPS) is 25.8. The number of hydrogen-bond donors (Lipinski definition) is 1. The smallest absolute Gasteiger partial charge is 0.0471 e. The summed E-state index contributed by atoms with van der Waals surface area (Å²) < 4.78 is 5.50.